The van der Waals surface area contributed by atoms with E-state index in [0.717, 1.165) is 5.56 Å². The number of benzene rings is 1. The van der Waals surface area contributed by atoms with Crippen LogP contribution in [0.1, 0.15) is 15.9 Å². The Bertz CT molecular complexity index is 847. The molecule has 8 nitrogen and oxygen atoms in total. The molecule has 0 spiro atoms. The van der Waals surface area contributed by atoms with Crippen LogP contribution in [0.25, 0.3) is 11.0 Å². The van der Waals surface area contributed by atoms with Crippen molar-refractivity contribution in [3.05, 3.63) is 47.9 Å². The van der Waals surface area contributed by atoms with Crippen molar-refractivity contribution in [2.45, 2.75) is 6.54 Å². The number of hydrogen-bond acceptors (Lipinski definition) is 6. The average molecular weight is 311 g/mol. The lowest BCUT2D eigenvalue weighted by atomic mass is 9.80. The molecule has 2 heterocycles. The Kier molecular flexibility index (Phi) is 3.96. The van der Waals surface area contributed by atoms with E-state index in [-0.39, 0.29) is 0 Å². The minimum Gasteiger partial charge on any atom is -0.423 e. The molecule has 1 amide bonds. The number of amides is 1. The SMILES string of the molecule is NC(=O)c1c[nH]c2c(NCc3ccc(B(O)O)cc3)ncnc12. The number of carbonyl (C=O) groups excluding carboxylic acids is 1. The van der Waals surface area contributed by atoms with Gasteiger partial charge in [0.15, 0.2) is 5.82 Å². The van der Waals surface area contributed by atoms with Crippen molar-refractivity contribution in [2.24, 2.45) is 5.73 Å². The van der Waals surface area contributed by atoms with Gasteiger partial charge in [-0.25, -0.2) is 9.97 Å². The van der Waals surface area contributed by atoms with Crippen LogP contribution in [-0.4, -0.2) is 38.0 Å². The highest BCUT2D eigenvalue weighted by atomic mass is 16.4. The van der Waals surface area contributed by atoms with Gasteiger partial charge in [0.1, 0.15) is 17.4 Å². The largest absolute Gasteiger partial charge is 0.488 e. The molecule has 0 saturated heterocycles. The zero-order chi connectivity index (χ0) is 16.4. The molecule has 0 atom stereocenters. The van der Waals surface area contributed by atoms with Gasteiger partial charge in [-0.05, 0) is 11.0 Å². The number of nitrogens with two attached hydrogens (primary N) is 1. The average Bonchev–Trinajstić information content (AvgIpc) is 2.98. The normalized spacial score (nSPS) is 10.7. The van der Waals surface area contributed by atoms with Gasteiger partial charge in [-0.15, -0.1) is 0 Å². The van der Waals surface area contributed by atoms with E-state index < -0.39 is 13.0 Å². The van der Waals surface area contributed by atoms with Crippen LogP contribution in [0.15, 0.2) is 36.8 Å². The summed E-state index contributed by atoms with van der Waals surface area (Å²) in [7, 11) is -1.48. The maximum Gasteiger partial charge on any atom is 0.488 e. The summed E-state index contributed by atoms with van der Waals surface area (Å²) in [4.78, 5) is 22.5. The van der Waals surface area contributed by atoms with Crippen molar-refractivity contribution in [3.63, 3.8) is 0 Å². The summed E-state index contributed by atoms with van der Waals surface area (Å²) in [6, 6.07) is 6.83. The second-order valence-corrected chi connectivity index (χ2v) is 4.98. The summed E-state index contributed by atoms with van der Waals surface area (Å²) >= 11 is 0. The van der Waals surface area contributed by atoms with Crippen molar-refractivity contribution in [3.8, 4) is 0 Å². The van der Waals surface area contributed by atoms with Gasteiger partial charge in [0.05, 0.1) is 5.56 Å². The molecular weight excluding hydrogens is 297 g/mol. The molecule has 9 heteroatoms. The standard InChI is InChI=1S/C14H14BN5O3/c16-13(21)10-6-17-12-11(10)19-7-20-14(12)18-5-8-1-3-9(4-2-8)15(22)23/h1-4,6-7,17,22-23H,5H2,(H2,16,21)(H,18,19,20). The lowest BCUT2D eigenvalue weighted by molar-refractivity contribution is 0.100. The summed E-state index contributed by atoms with van der Waals surface area (Å²) in [6.45, 7) is 0.471. The Morgan fingerprint density at radius 2 is 2.00 bits per heavy atom. The van der Waals surface area contributed by atoms with E-state index in [2.05, 4.69) is 20.3 Å². The highest BCUT2D eigenvalue weighted by Crippen LogP contribution is 2.21. The first-order valence-corrected chi connectivity index (χ1v) is 6.87. The molecule has 0 saturated carbocycles. The summed E-state index contributed by atoms with van der Waals surface area (Å²) in [5.74, 6) is -0.00665. The third-order valence-corrected chi connectivity index (χ3v) is 3.47. The van der Waals surface area contributed by atoms with E-state index >= 15 is 0 Å². The number of fused-ring (bicyclic) bond motifs is 1. The van der Waals surface area contributed by atoms with Crippen molar-refractivity contribution in [1.82, 2.24) is 15.0 Å². The van der Waals surface area contributed by atoms with Crippen molar-refractivity contribution >= 4 is 35.3 Å². The topological polar surface area (TPSA) is 137 Å². The van der Waals surface area contributed by atoms with Gasteiger partial charge in [0.2, 0.25) is 0 Å². The molecule has 3 aromatic rings. The molecule has 0 radical (unpaired) electrons. The Morgan fingerprint density at radius 1 is 1.26 bits per heavy atom. The van der Waals surface area contributed by atoms with Crippen molar-refractivity contribution < 1.29 is 14.8 Å². The van der Waals surface area contributed by atoms with E-state index in [4.69, 9.17) is 15.8 Å². The molecule has 0 aliphatic carbocycles. The molecule has 0 bridgehead atoms. The highest BCUT2D eigenvalue weighted by Gasteiger charge is 2.14. The fourth-order valence-electron chi connectivity index (χ4n) is 2.25. The van der Waals surface area contributed by atoms with Crippen LogP contribution in [0.4, 0.5) is 5.82 Å². The molecule has 0 aliphatic heterocycles. The van der Waals surface area contributed by atoms with Crippen LogP contribution in [-0.2, 0) is 6.54 Å². The van der Waals surface area contributed by atoms with Crippen LogP contribution in [0.5, 0.6) is 0 Å². The molecule has 0 aliphatic rings. The predicted molar refractivity (Wildman–Crippen MR) is 86.0 cm³/mol. The molecule has 0 fully saturated rings. The van der Waals surface area contributed by atoms with E-state index in [1.807, 2.05) is 0 Å². The number of hydrogen-bond donors (Lipinski definition) is 5. The van der Waals surface area contributed by atoms with Gasteiger partial charge in [-0.3, -0.25) is 4.79 Å². The van der Waals surface area contributed by atoms with E-state index in [9.17, 15) is 4.79 Å². The maximum absolute atomic E-state index is 11.3. The van der Waals surface area contributed by atoms with Crippen LogP contribution in [0, 0.1) is 0 Å². The summed E-state index contributed by atoms with van der Waals surface area (Å²) in [5, 5.41) is 21.3. The Hall–Kier alpha value is -2.91. The van der Waals surface area contributed by atoms with Crippen LogP contribution >= 0.6 is 0 Å². The zero-order valence-electron chi connectivity index (χ0n) is 12.0. The lowest BCUT2D eigenvalue weighted by Crippen LogP contribution is -2.29. The molecule has 6 N–H and O–H groups in total. The van der Waals surface area contributed by atoms with Crippen molar-refractivity contribution in [1.29, 1.82) is 0 Å². The number of aromatic nitrogens is 3. The lowest BCUT2D eigenvalue weighted by Gasteiger charge is -2.07. The predicted octanol–water partition coefficient (Wildman–Crippen LogP) is -0.651. The third kappa shape index (κ3) is 3.00. The van der Waals surface area contributed by atoms with E-state index in [1.165, 1.54) is 12.5 Å². The fraction of sp³-hybridized carbons (Fsp3) is 0.0714. The number of H-pyrrole nitrogens is 1. The van der Waals surface area contributed by atoms with E-state index in [1.54, 1.807) is 24.3 Å². The first kappa shape index (κ1) is 15.0. The number of nitrogens with zero attached hydrogens (tertiary/aromatic N) is 2. The first-order valence-electron chi connectivity index (χ1n) is 6.87. The molecule has 1 aromatic carbocycles. The van der Waals surface area contributed by atoms with Gasteiger partial charge in [-0.2, -0.15) is 0 Å². The second kappa shape index (κ2) is 6.07. The Labute approximate surface area is 131 Å². The quantitative estimate of drug-likeness (QED) is 0.397. The molecule has 2 aromatic heterocycles. The van der Waals surface area contributed by atoms with Crippen LogP contribution < -0.4 is 16.5 Å². The van der Waals surface area contributed by atoms with Gasteiger partial charge >= 0.3 is 7.12 Å². The second-order valence-electron chi connectivity index (χ2n) is 4.98. The number of primary amides is 1. The minimum absolute atomic E-state index is 0.312. The van der Waals surface area contributed by atoms with E-state index in [0.29, 0.717) is 34.4 Å². The number of aromatic amines is 1. The third-order valence-electron chi connectivity index (χ3n) is 3.47. The molecule has 0 unspecified atom stereocenters. The van der Waals surface area contributed by atoms with Gasteiger partial charge in [0.25, 0.3) is 5.91 Å². The molecule has 3 rings (SSSR count). The zero-order valence-corrected chi connectivity index (χ0v) is 12.0. The summed E-state index contributed by atoms with van der Waals surface area (Å²) < 4.78 is 0. The summed E-state index contributed by atoms with van der Waals surface area (Å²) in [5.41, 5.74) is 8.03. The fourth-order valence-corrected chi connectivity index (χ4v) is 2.25. The highest BCUT2D eigenvalue weighted by molar-refractivity contribution is 6.58. The minimum atomic E-state index is -1.48. The van der Waals surface area contributed by atoms with Gasteiger partial charge in [-0.1, -0.05) is 24.3 Å². The first-order chi connectivity index (χ1) is 11.1. The smallest absolute Gasteiger partial charge is 0.423 e. The number of rotatable bonds is 5. The maximum atomic E-state index is 11.3. The number of carbonyl (C=O) groups is 1. The Balaban J connectivity index is 1.80. The Morgan fingerprint density at radius 3 is 2.65 bits per heavy atom. The number of nitrogens with one attached hydrogen (secondary N) is 2. The number of anilines is 1. The van der Waals surface area contributed by atoms with Gasteiger partial charge in [0, 0.05) is 12.7 Å². The molecule has 23 heavy (non-hydrogen) atoms. The van der Waals surface area contributed by atoms with Crippen LogP contribution in [0.2, 0.25) is 0 Å². The molecular formula is C14H14BN5O3. The van der Waals surface area contributed by atoms with Crippen LogP contribution in [0.3, 0.4) is 0 Å². The monoisotopic (exact) mass is 311 g/mol. The molecule has 116 valence electrons. The van der Waals surface area contributed by atoms with Crippen molar-refractivity contribution in [2.75, 3.05) is 5.32 Å². The summed E-state index contributed by atoms with van der Waals surface area (Å²) in [6.07, 6.45) is 2.86. The van der Waals surface area contributed by atoms with Gasteiger partial charge < -0.3 is 26.1 Å².